The molecule has 0 amide bonds. The molecule has 0 fully saturated rings. The van der Waals surface area contributed by atoms with Crippen molar-refractivity contribution in [3.8, 4) is 0 Å². The Morgan fingerprint density at radius 2 is 2.13 bits per heavy atom. The van der Waals surface area contributed by atoms with E-state index in [1.807, 2.05) is 26.0 Å². The second kappa shape index (κ2) is 3.59. The number of fused-ring (bicyclic) bond motifs is 1. The highest BCUT2D eigenvalue weighted by Gasteiger charge is 2.09. The normalized spacial score (nSPS) is 13.1. The first-order valence-corrected chi connectivity index (χ1v) is 4.90. The quantitative estimate of drug-likeness (QED) is 0.775. The molecule has 2 rings (SSSR count). The molecule has 0 aliphatic heterocycles. The molecule has 3 heteroatoms. The highest BCUT2D eigenvalue weighted by molar-refractivity contribution is 5.83. The van der Waals surface area contributed by atoms with Crippen LogP contribution in [-0.4, -0.2) is 4.98 Å². The van der Waals surface area contributed by atoms with E-state index in [9.17, 15) is 4.39 Å². The van der Waals surface area contributed by atoms with Crippen LogP contribution in [0.15, 0.2) is 24.4 Å². The molecule has 0 radical (unpaired) electrons. The van der Waals surface area contributed by atoms with E-state index in [1.165, 1.54) is 6.07 Å². The Kier molecular flexibility index (Phi) is 2.40. The number of nitrogens with zero attached hydrogens (tertiary/aromatic N) is 1. The van der Waals surface area contributed by atoms with Crippen LogP contribution in [0.5, 0.6) is 0 Å². The third-order valence-electron chi connectivity index (χ3n) is 2.47. The van der Waals surface area contributed by atoms with Crippen molar-refractivity contribution < 1.29 is 4.39 Å². The molecule has 0 saturated carbocycles. The predicted molar refractivity (Wildman–Crippen MR) is 59.0 cm³/mol. The second-order valence-corrected chi connectivity index (χ2v) is 3.83. The molecule has 0 spiro atoms. The van der Waals surface area contributed by atoms with Gasteiger partial charge in [0.05, 0.1) is 0 Å². The number of pyridine rings is 1. The summed E-state index contributed by atoms with van der Waals surface area (Å²) in [5, 5.41) is 0.810. The third-order valence-corrected chi connectivity index (χ3v) is 2.47. The lowest BCUT2D eigenvalue weighted by atomic mass is 10.0. The summed E-state index contributed by atoms with van der Waals surface area (Å²) in [6, 6.07) is 5.13. The number of hydrogen-bond donors (Lipinski definition) is 1. The summed E-state index contributed by atoms with van der Waals surface area (Å²) >= 11 is 0. The fourth-order valence-corrected chi connectivity index (χ4v) is 1.76. The summed E-state index contributed by atoms with van der Waals surface area (Å²) < 4.78 is 13.6. The average molecular weight is 204 g/mol. The summed E-state index contributed by atoms with van der Waals surface area (Å²) in [6.45, 7) is 3.75. The van der Waals surface area contributed by atoms with Gasteiger partial charge in [-0.1, -0.05) is 0 Å². The molecule has 0 aliphatic carbocycles. The van der Waals surface area contributed by atoms with E-state index < -0.39 is 0 Å². The molecular formula is C12H13FN2. The van der Waals surface area contributed by atoms with Gasteiger partial charge in [0.25, 0.3) is 0 Å². The standard InChI is InChI=1S/C12H13FN2/c1-7-5-10-9(8(2)14)3-4-15-12(10)11(13)6-7/h3-6,8H,14H2,1-2H3. The molecule has 15 heavy (non-hydrogen) atoms. The molecule has 0 bridgehead atoms. The molecule has 1 aromatic carbocycles. The summed E-state index contributed by atoms with van der Waals surface area (Å²) in [4.78, 5) is 4.03. The number of hydrogen-bond acceptors (Lipinski definition) is 2. The molecule has 0 saturated heterocycles. The molecule has 1 atom stereocenters. The van der Waals surface area contributed by atoms with Crippen molar-refractivity contribution in [2.75, 3.05) is 0 Å². The van der Waals surface area contributed by atoms with E-state index in [0.717, 1.165) is 16.5 Å². The Balaban J connectivity index is 2.85. The lowest BCUT2D eigenvalue weighted by Crippen LogP contribution is -2.06. The van der Waals surface area contributed by atoms with Crippen molar-refractivity contribution in [2.24, 2.45) is 5.73 Å². The van der Waals surface area contributed by atoms with Gasteiger partial charge in [-0.3, -0.25) is 4.98 Å². The molecule has 2 nitrogen and oxygen atoms in total. The van der Waals surface area contributed by atoms with Gasteiger partial charge in [-0.05, 0) is 43.2 Å². The van der Waals surface area contributed by atoms with E-state index in [-0.39, 0.29) is 11.9 Å². The summed E-state index contributed by atoms with van der Waals surface area (Å²) in [7, 11) is 0. The van der Waals surface area contributed by atoms with Gasteiger partial charge >= 0.3 is 0 Å². The predicted octanol–water partition coefficient (Wildman–Crippen LogP) is 2.70. The van der Waals surface area contributed by atoms with Crippen molar-refractivity contribution >= 4 is 10.9 Å². The number of rotatable bonds is 1. The van der Waals surface area contributed by atoms with E-state index in [0.29, 0.717) is 5.52 Å². The van der Waals surface area contributed by atoms with Gasteiger partial charge in [-0.15, -0.1) is 0 Å². The maximum absolute atomic E-state index is 13.6. The minimum Gasteiger partial charge on any atom is -0.324 e. The number of benzene rings is 1. The van der Waals surface area contributed by atoms with E-state index in [1.54, 1.807) is 6.20 Å². The van der Waals surface area contributed by atoms with Crippen LogP contribution in [0.3, 0.4) is 0 Å². The molecule has 2 N–H and O–H groups in total. The molecule has 2 aromatic rings. The van der Waals surface area contributed by atoms with Gasteiger partial charge in [0, 0.05) is 17.6 Å². The number of nitrogens with two attached hydrogens (primary N) is 1. The van der Waals surface area contributed by atoms with E-state index in [4.69, 9.17) is 5.73 Å². The SMILES string of the molecule is Cc1cc(F)c2nccc(C(C)N)c2c1. The van der Waals surface area contributed by atoms with Crippen molar-refractivity contribution in [3.05, 3.63) is 41.3 Å². The summed E-state index contributed by atoms with van der Waals surface area (Å²) in [5.41, 5.74) is 8.05. The van der Waals surface area contributed by atoms with Crippen molar-refractivity contribution in [3.63, 3.8) is 0 Å². The Bertz CT molecular complexity index is 506. The van der Waals surface area contributed by atoms with Gasteiger partial charge in [-0.25, -0.2) is 4.39 Å². The van der Waals surface area contributed by atoms with Crippen LogP contribution >= 0.6 is 0 Å². The maximum Gasteiger partial charge on any atom is 0.149 e. The molecule has 0 aliphatic rings. The van der Waals surface area contributed by atoms with Gasteiger partial charge in [0.1, 0.15) is 11.3 Å². The van der Waals surface area contributed by atoms with E-state index >= 15 is 0 Å². The fraction of sp³-hybridized carbons (Fsp3) is 0.250. The number of aromatic nitrogens is 1. The zero-order valence-corrected chi connectivity index (χ0v) is 8.79. The molecule has 1 heterocycles. The third kappa shape index (κ3) is 1.70. The second-order valence-electron chi connectivity index (χ2n) is 3.83. The summed E-state index contributed by atoms with van der Waals surface area (Å²) in [5.74, 6) is -0.285. The zero-order chi connectivity index (χ0) is 11.0. The lowest BCUT2D eigenvalue weighted by Gasteiger charge is -2.10. The van der Waals surface area contributed by atoms with Gasteiger partial charge in [0.2, 0.25) is 0 Å². The van der Waals surface area contributed by atoms with Crippen LogP contribution in [0.25, 0.3) is 10.9 Å². The first-order valence-electron chi connectivity index (χ1n) is 4.90. The van der Waals surface area contributed by atoms with Gasteiger partial charge in [-0.2, -0.15) is 0 Å². The Morgan fingerprint density at radius 1 is 1.40 bits per heavy atom. The first-order chi connectivity index (χ1) is 7.09. The maximum atomic E-state index is 13.6. The smallest absolute Gasteiger partial charge is 0.149 e. The largest absolute Gasteiger partial charge is 0.324 e. The lowest BCUT2D eigenvalue weighted by molar-refractivity contribution is 0.635. The number of halogens is 1. The Labute approximate surface area is 87.9 Å². The van der Waals surface area contributed by atoms with Crippen LogP contribution < -0.4 is 5.73 Å². The van der Waals surface area contributed by atoms with Gasteiger partial charge in [0.15, 0.2) is 0 Å². The van der Waals surface area contributed by atoms with Crippen LogP contribution in [0, 0.1) is 12.7 Å². The van der Waals surface area contributed by atoms with Crippen molar-refractivity contribution in [1.82, 2.24) is 4.98 Å². The van der Waals surface area contributed by atoms with Crippen LogP contribution in [-0.2, 0) is 0 Å². The highest BCUT2D eigenvalue weighted by Crippen LogP contribution is 2.24. The van der Waals surface area contributed by atoms with Crippen LogP contribution in [0.2, 0.25) is 0 Å². The topological polar surface area (TPSA) is 38.9 Å². The average Bonchev–Trinajstić information content (AvgIpc) is 2.16. The fourth-order valence-electron chi connectivity index (χ4n) is 1.76. The zero-order valence-electron chi connectivity index (χ0n) is 8.79. The minimum atomic E-state index is -0.285. The molecule has 1 aromatic heterocycles. The van der Waals surface area contributed by atoms with Crippen LogP contribution in [0.1, 0.15) is 24.1 Å². The first kappa shape index (κ1) is 10.1. The number of aryl methyl sites for hydroxylation is 1. The van der Waals surface area contributed by atoms with Crippen LogP contribution in [0.4, 0.5) is 4.39 Å². The highest BCUT2D eigenvalue weighted by atomic mass is 19.1. The minimum absolute atomic E-state index is 0.114. The monoisotopic (exact) mass is 204 g/mol. The molecule has 78 valence electrons. The molecule has 1 unspecified atom stereocenters. The Hall–Kier alpha value is -1.48. The molecular weight excluding hydrogens is 191 g/mol. The summed E-state index contributed by atoms with van der Waals surface area (Å²) in [6.07, 6.45) is 1.60. The van der Waals surface area contributed by atoms with Crippen molar-refractivity contribution in [1.29, 1.82) is 0 Å². The van der Waals surface area contributed by atoms with E-state index in [2.05, 4.69) is 4.98 Å². The Morgan fingerprint density at radius 3 is 2.80 bits per heavy atom. The van der Waals surface area contributed by atoms with Gasteiger partial charge < -0.3 is 5.73 Å². The van der Waals surface area contributed by atoms with Crippen molar-refractivity contribution in [2.45, 2.75) is 19.9 Å².